The lowest BCUT2D eigenvalue weighted by atomic mass is 9.94. The number of hydrogen-bond donors (Lipinski definition) is 1. The number of aromatic nitrogens is 1. The fourth-order valence-electron chi connectivity index (χ4n) is 3.50. The van der Waals surface area contributed by atoms with Crippen LogP contribution < -0.4 is 10.6 Å². The highest BCUT2D eigenvalue weighted by Gasteiger charge is 2.20. The fourth-order valence-corrected chi connectivity index (χ4v) is 3.65. The Morgan fingerprint density at radius 2 is 1.67 bits per heavy atom. The van der Waals surface area contributed by atoms with Crippen molar-refractivity contribution >= 4 is 23.0 Å². The van der Waals surface area contributed by atoms with Crippen molar-refractivity contribution < 1.29 is 0 Å². The van der Waals surface area contributed by atoms with Crippen LogP contribution in [0, 0.1) is 0 Å². The number of nitrogens with two attached hydrogens (primary N) is 1. The molecule has 0 radical (unpaired) electrons. The third kappa shape index (κ3) is 3.37. The number of nitrogens with zero attached hydrogens (tertiary/aromatic N) is 2. The highest BCUT2D eigenvalue weighted by Crippen LogP contribution is 2.28. The molecule has 2 heterocycles. The quantitative estimate of drug-likeness (QED) is 0.851. The zero-order valence-electron chi connectivity index (χ0n) is 12.7. The fraction of sp³-hybridized carbons (Fsp3) is 0.647. The van der Waals surface area contributed by atoms with Crippen molar-refractivity contribution in [2.24, 2.45) is 5.73 Å². The Labute approximate surface area is 132 Å². The molecule has 0 atom stereocenters. The topological polar surface area (TPSA) is 42.1 Å². The van der Waals surface area contributed by atoms with Crippen molar-refractivity contribution in [1.29, 1.82) is 0 Å². The van der Waals surface area contributed by atoms with Gasteiger partial charge in [-0.25, -0.2) is 4.98 Å². The maximum Gasteiger partial charge on any atom is 0.139 e. The lowest BCUT2D eigenvalue weighted by Gasteiger charge is -2.29. The Kier molecular flexibility index (Phi) is 4.73. The molecule has 0 bridgehead atoms. The molecule has 0 saturated carbocycles. The summed E-state index contributed by atoms with van der Waals surface area (Å²) < 4.78 is 0. The number of hydrogen-bond acceptors (Lipinski definition) is 3. The molecular formula is C17H25N3S. The molecule has 0 amide bonds. The molecule has 114 valence electrons. The molecule has 2 N–H and O–H groups in total. The van der Waals surface area contributed by atoms with E-state index in [-0.39, 0.29) is 0 Å². The van der Waals surface area contributed by atoms with Gasteiger partial charge in [0.1, 0.15) is 10.8 Å². The van der Waals surface area contributed by atoms with Crippen molar-refractivity contribution in [3.8, 4) is 0 Å². The number of rotatable bonds is 2. The van der Waals surface area contributed by atoms with Crippen molar-refractivity contribution in [3.05, 3.63) is 22.9 Å². The molecule has 21 heavy (non-hydrogen) atoms. The Morgan fingerprint density at radius 3 is 2.38 bits per heavy atom. The summed E-state index contributed by atoms with van der Waals surface area (Å²) in [6, 6.07) is 2.22. The molecule has 3 nitrogen and oxygen atoms in total. The molecule has 0 aromatic carbocycles. The van der Waals surface area contributed by atoms with Gasteiger partial charge in [-0.3, -0.25) is 0 Å². The highest BCUT2D eigenvalue weighted by molar-refractivity contribution is 7.80. The van der Waals surface area contributed by atoms with Gasteiger partial charge in [-0.1, -0.05) is 31.5 Å². The van der Waals surface area contributed by atoms with Crippen LogP contribution in [0.3, 0.4) is 0 Å². The Morgan fingerprint density at radius 1 is 1.00 bits per heavy atom. The number of anilines is 1. The second-order valence-electron chi connectivity index (χ2n) is 6.29. The van der Waals surface area contributed by atoms with E-state index >= 15 is 0 Å². The number of aryl methyl sites for hydroxylation is 2. The van der Waals surface area contributed by atoms with Crippen LogP contribution in [-0.2, 0) is 12.8 Å². The minimum atomic E-state index is 0.493. The molecule has 1 aromatic heterocycles. The Hall–Kier alpha value is -1.16. The molecule has 1 aliphatic heterocycles. The van der Waals surface area contributed by atoms with E-state index in [0.717, 1.165) is 37.3 Å². The first-order chi connectivity index (χ1) is 10.3. The zero-order valence-corrected chi connectivity index (χ0v) is 13.6. The minimum Gasteiger partial charge on any atom is -0.389 e. The zero-order chi connectivity index (χ0) is 14.7. The third-order valence-corrected chi connectivity index (χ3v) is 4.92. The normalized spacial score (nSPS) is 19.5. The van der Waals surface area contributed by atoms with Crippen molar-refractivity contribution in [2.45, 2.75) is 57.8 Å². The second kappa shape index (κ2) is 6.73. The van der Waals surface area contributed by atoms with Gasteiger partial charge in [-0.05, 0) is 50.2 Å². The predicted molar refractivity (Wildman–Crippen MR) is 92.1 cm³/mol. The minimum absolute atomic E-state index is 0.493. The van der Waals surface area contributed by atoms with Crippen molar-refractivity contribution in [1.82, 2.24) is 4.98 Å². The van der Waals surface area contributed by atoms with Crippen LogP contribution in [-0.4, -0.2) is 23.1 Å². The predicted octanol–water partition coefficient (Wildman–Crippen LogP) is 3.37. The van der Waals surface area contributed by atoms with E-state index in [1.54, 1.807) is 0 Å². The molecule has 3 rings (SSSR count). The maximum absolute atomic E-state index is 5.99. The van der Waals surface area contributed by atoms with Crippen molar-refractivity contribution in [3.63, 3.8) is 0 Å². The molecule has 0 spiro atoms. The summed E-state index contributed by atoms with van der Waals surface area (Å²) in [5, 5.41) is 0. The van der Waals surface area contributed by atoms with Crippen molar-refractivity contribution in [2.75, 3.05) is 18.0 Å². The van der Waals surface area contributed by atoms with Gasteiger partial charge in [0.25, 0.3) is 0 Å². The van der Waals surface area contributed by atoms with Crippen LogP contribution in [0.2, 0.25) is 0 Å². The Bertz CT molecular complexity index is 519. The van der Waals surface area contributed by atoms with E-state index in [1.807, 2.05) is 0 Å². The molecule has 0 unspecified atom stereocenters. The molecule has 2 aliphatic rings. The molecule has 4 heteroatoms. The van der Waals surface area contributed by atoms with E-state index in [2.05, 4.69) is 11.0 Å². The largest absolute Gasteiger partial charge is 0.389 e. The average molecular weight is 303 g/mol. The van der Waals surface area contributed by atoms with E-state index in [4.69, 9.17) is 22.9 Å². The van der Waals surface area contributed by atoms with Crippen LogP contribution in [0.15, 0.2) is 6.07 Å². The molecular weight excluding hydrogens is 278 g/mol. The van der Waals surface area contributed by atoms with Gasteiger partial charge in [0, 0.05) is 18.8 Å². The lowest BCUT2D eigenvalue weighted by molar-refractivity contribution is 0.552. The number of fused-ring (bicyclic) bond motifs is 1. The molecule has 1 aliphatic carbocycles. The molecule has 1 aromatic rings. The van der Waals surface area contributed by atoms with E-state index < -0.39 is 0 Å². The van der Waals surface area contributed by atoms with Gasteiger partial charge in [0.05, 0.1) is 5.56 Å². The van der Waals surface area contributed by atoms with Crippen LogP contribution in [0.4, 0.5) is 5.82 Å². The number of pyridine rings is 1. The van der Waals surface area contributed by atoms with Crippen LogP contribution in [0.1, 0.15) is 61.8 Å². The van der Waals surface area contributed by atoms with Gasteiger partial charge in [0.2, 0.25) is 0 Å². The first kappa shape index (κ1) is 14.8. The molecule has 1 saturated heterocycles. The van der Waals surface area contributed by atoms with Gasteiger partial charge >= 0.3 is 0 Å². The van der Waals surface area contributed by atoms with Crippen LogP contribution in [0.5, 0.6) is 0 Å². The summed E-state index contributed by atoms with van der Waals surface area (Å²) in [7, 11) is 0. The highest BCUT2D eigenvalue weighted by atomic mass is 32.1. The van der Waals surface area contributed by atoms with Crippen LogP contribution >= 0.6 is 12.2 Å². The maximum atomic E-state index is 5.99. The molecule has 1 fully saturated rings. The van der Waals surface area contributed by atoms with E-state index in [1.165, 1.54) is 56.2 Å². The summed E-state index contributed by atoms with van der Waals surface area (Å²) in [5.41, 5.74) is 9.62. The van der Waals surface area contributed by atoms with Gasteiger partial charge in [0.15, 0.2) is 0 Å². The van der Waals surface area contributed by atoms with Gasteiger partial charge in [-0.15, -0.1) is 0 Å². The summed E-state index contributed by atoms with van der Waals surface area (Å²) >= 11 is 5.30. The first-order valence-electron chi connectivity index (χ1n) is 8.33. The average Bonchev–Trinajstić information content (AvgIpc) is 2.45. The van der Waals surface area contributed by atoms with E-state index in [9.17, 15) is 0 Å². The second-order valence-corrected chi connectivity index (χ2v) is 6.73. The monoisotopic (exact) mass is 303 g/mol. The number of thiocarbonyl (C=S) groups is 1. The van der Waals surface area contributed by atoms with Crippen LogP contribution in [0.25, 0.3) is 0 Å². The SMILES string of the molecule is NC(=S)c1cc2c(nc1N1CCCCCCC1)CCCC2. The smallest absolute Gasteiger partial charge is 0.139 e. The van der Waals surface area contributed by atoms with Gasteiger partial charge in [-0.2, -0.15) is 0 Å². The summed E-state index contributed by atoms with van der Waals surface area (Å²) in [5.74, 6) is 1.05. The third-order valence-electron chi connectivity index (χ3n) is 4.70. The lowest BCUT2D eigenvalue weighted by Crippen LogP contribution is -2.31. The Balaban J connectivity index is 1.96. The summed E-state index contributed by atoms with van der Waals surface area (Å²) in [6.07, 6.45) is 11.2. The standard InChI is InChI=1S/C17H25N3S/c18-16(21)14-12-13-8-4-5-9-15(13)19-17(14)20-10-6-2-1-3-7-11-20/h12H,1-11H2,(H2,18,21). The van der Waals surface area contributed by atoms with Gasteiger partial charge < -0.3 is 10.6 Å². The summed E-state index contributed by atoms with van der Waals surface area (Å²) in [4.78, 5) is 7.90. The summed E-state index contributed by atoms with van der Waals surface area (Å²) in [6.45, 7) is 2.17. The van der Waals surface area contributed by atoms with E-state index in [0.29, 0.717) is 4.99 Å². The first-order valence-corrected chi connectivity index (χ1v) is 8.74.